The van der Waals surface area contributed by atoms with E-state index in [-0.39, 0.29) is 17.7 Å². The Hall–Kier alpha value is -3.92. The van der Waals surface area contributed by atoms with Gasteiger partial charge in [-0.05, 0) is 50.1 Å². The SMILES string of the molecule is CC(C)(O)c1ncc(-c2ccc3nc4n(c3c2)C2CC4NC(=O)c3cccc(OC(F)F)c32)cn1. The number of fused-ring (bicyclic) bond motifs is 9. The molecule has 2 atom stereocenters. The van der Waals surface area contributed by atoms with Gasteiger partial charge in [-0.3, -0.25) is 4.79 Å². The fourth-order valence-electron chi connectivity index (χ4n) is 4.98. The van der Waals surface area contributed by atoms with Gasteiger partial charge in [0.15, 0.2) is 5.82 Å². The van der Waals surface area contributed by atoms with Gasteiger partial charge < -0.3 is 19.7 Å². The fraction of sp³-hybridized carbons (Fsp3) is 0.280. The molecule has 0 fully saturated rings. The highest BCUT2D eigenvalue weighted by Gasteiger charge is 2.42. The highest BCUT2D eigenvalue weighted by atomic mass is 19.3. The summed E-state index contributed by atoms with van der Waals surface area (Å²) in [5.74, 6) is 0.633. The van der Waals surface area contributed by atoms with E-state index in [9.17, 15) is 18.7 Å². The summed E-state index contributed by atoms with van der Waals surface area (Å²) >= 11 is 0. The van der Waals surface area contributed by atoms with E-state index in [1.807, 2.05) is 22.8 Å². The summed E-state index contributed by atoms with van der Waals surface area (Å²) in [5, 5.41) is 13.1. The third-order valence-electron chi connectivity index (χ3n) is 6.50. The van der Waals surface area contributed by atoms with Crippen molar-refractivity contribution in [3.8, 4) is 16.9 Å². The van der Waals surface area contributed by atoms with Crippen molar-refractivity contribution < 1.29 is 23.4 Å². The highest BCUT2D eigenvalue weighted by Crippen LogP contribution is 2.47. The molecule has 0 saturated carbocycles. The molecule has 8 nitrogen and oxygen atoms in total. The summed E-state index contributed by atoms with van der Waals surface area (Å²) in [6.07, 6.45) is 3.78. The lowest BCUT2D eigenvalue weighted by molar-refractivity contribution is -0.0507. The summed E-state index contributed by atoms with van der Waals surface area (Å²) in [5.41, 5.74) is 2.69. The van der Waals surface area contributed by atoms with E-state index >= 15 is 0 Å². The summed E-state index contributed by atoms with van der Waals surface area (Å²) in [6, 6.07) is 9.57. The maximum atomic E-state index is 13.2. The summed E-state index contributed by atoms with van der Waals surface area (Å²) in [4.78, 5) is 26.2. The van der Waals surface area contributed by atoms with Crippen LogP contribution in [0.4, 0.5) is 8.78 Å². The van der Waals surface area contributed by atoms with Crippen molar-refractivity contribution >= 4 is 16.9 Å². The number of nitrogens with zero attached hydrogens (tertiary/aromatic N) is 4. The first-order chi connectivity index (χ1) is 16.7. The molecule has 0 spiro atoms. The molecule has 178 valence electrons. The second kappa shape index (κ2) is 7.54. The van der Waals surface area contributed by atoms with Crippen molar-refractivity contribution in [1.82, 2.24) is 24.8 Å². The number of alkyl halides is 2. The molecule has 2 aliphatic rings. The molecule has 0 saturated heterocycles. The van der Waals surface area contributed by atoms with E-state index in [1.165, 1.54) is 12.1 Å². The van der Waals surface area contributed by atoms with Crippen molar-refractivity contribution in [2.75, 3.05) is 0 Å². The number of halogens is 2. The molecule has 2 aromatic heterocycles. The zero-order valence-corrected chi connectivity index (χ0v) is 18.9. The number of carbonyl (C=O) groups is 1. The lowest BCUT2D eigenvalue weighted by Crippen LogP contribution is -2.28. The zero-order valence-electron chi connectivity index (χ0n) is 18.9. The predicted octanol–water partition coefficient (Wildman–Crippen LogP) is 4.10. The van der Waals surface area contributed by atoms with Crippen molar-refractivity contribution in [2.24, 2.45) is 0 Å². The van der Waals surface area contributed by atoms with Crippen molar-refractivity contribution in [2.45, 2.75) is 44.6 Å². The maximum Gasteiger partial charge on any atom is 0.387 e. The van der Waals surface area contributed by atoms with Crippen LogP contribution in [-0.2, 0) is 5.60 Å². The fourth-order valence-corrected chi connectivity index (χ4v) is 4.98. The van der Waals surface area contributed by atoms with Gasteiger partial charge in [0.2, 0.25) is 0 Å². The number of amides is 1. The Morgan fingerprint density at radius 2 is 1.94 bits per heavy atom. The first-order valence-corrected chi connectivity index (χ1v) is 11.2. The molecule has 0 aliphatic carbocycles. The molecule has 0 radical (unpaired) electrons. The van der Waals surface area contributed by atoms with Gasteiger partial charge in [0.1, 0.15) is 17.2 Å². The van der Waals surface area contributed by atoms with Crippen LogP contribution in [0.3, 0.4) is 0 Å². The molecule has 1 amide bonds. The van der Waals surface area contributed by atoms with Crippen LogP contribution in [0, 0.1) is 0 Å². The lowest BCUT2D eigenvalue weighted by atomic mass is 9.97. The van der Waals surface area contributed by atoms with Crippen LogP contribution >= 0.6 is 0 Å². The Labute approximate surface area is 198 Å². The van der Waals surface area contributed by atoms with E-state index in [1.54, 1.807) is 32.3 Å². The number of aromatic nitrogens is 4. The summed E-state index contributed by atoms with van der Waals surface area (Å²) in [7, 11) is 0. The minimum Gasteiger partial charge on any atom is -0.434 e. The second-order valence-electron chi connectivity index (χ2n) is 9.27. The average molecular weight is 477 g/mol. The van der Waals surface area contributed by atoms with Crippen molar-refractivity contribution in [3.05, 3.63) is 71.6 Å². The van der Waals surface area contributed by atoms with Crippen LogP contribution in [0.15, 0.2) is 48.8 Å². The molecule has 2 N–H and O–H groups in total. The monoisotopic (exact) mass is 477 g/mol. The smallest absolute Gasteiger partial charge is 0.387 e. The van der Waals surface area contributed by atoms with Gasteiger partial charge >= 0.3 is 6.61 Å². The minimum atomic E-state index is -3.01. The quantitative estimate of drug-likeness (QED) is 0.459. The number of carbonyl (C=O) groups excluding carboxylic acids is 1. The summed E-state index contributed by atoms with van der Waals surface area (Å²) < 4.78 is 33.2. The van der Waals surface area contributed by atoms with Gasteiger partial charge in [-0.1, -0.05) is 12.1 Å². The van der Waals surface area contributed by atoms with Crippen molar-refractivity contribution in [3.63, 3.8) is 0 Å². The van der Waals surface area contributed by atoms with Gasteiger partial charge in [-0.2, -0.15) is 8.78 Å². The number of aliphatic hydroxyl groups is 1. The van der Waals surface area contributed by atoms with Crippen LogP contribution in [0.5, 0.6) is 5.75 Å². The van der Waals surface area contributed by atoms with E-state index in [2.05, 4.69) is 15.3 Å². The Kier molecular flexibility index (Phi) is 4.65. The second-order valence-corrected chi connectivity index (χ2v) is 9.27. The molecular weight excluding hydrogens is 456 g/mol. The standard InChI is InChI=1S/C25H21F2N5O3/c1-25(2,34)23-28-10-13(11-29-23)12-6-7-15-17(8-12)32-18-9-16(21(32)30-15)31-22(33)14-4-3-5-19(20(14)18)35-24(26)27/h3-8,10-11,16,18,24,34H,9H2,1-2H3,(H,31,33). The molecule has 2 aromatic carbocycles. The highest BCUT2D eigenvalue weighted by molar-refractivity contribution is 5.98. The van der Waals surface area contributed by atoms with Gasteiger partial charge in [-0.25, -0.2) is 15.0 Å². The molecule has 2 bridgehead atoms. The van der Waals surface area contributed by atoms with E-state index in [0.717, 1.165) is 22.2 Å². The number of imidazole rings is 1. The van der Waals surface area contributed by atoms with Crippen LogP contribution in [-0.4, -0.2) is 37.1 Å². The number of benzene rings is 2. The van der Waals surface area contributed by atoms with Gasteiger partial charge in [0, 0.05) is 29.1 Å². The van der Waals surface area contributed by atoms with Crippen LogP contribution in [0.25, 0.3) is 22.2 Å². The molecule has 2 aliphatic heterocycles. The first-order valence-electron chi connectivity index (χ1n) is 11.2. The topological polar surface area (TPSA) is 102 Å². The number of nitrogens with one attached hydrogen (secondary N) is 1. The molecule has 4 heterocycles. The Morgan fingerprint density at radius 1 is 1.17 bits per heavy atom. The van der Waals surface area contributed by atoms with Crippen LogP contribution < -0.4 is 10.1 Å². The Morgan fingerprint density at radius 3 is 2.66 bits per heavy atom. The molecular formula is C25H21F2N5O3. The number of hydrogen-bond acceptors (Lipinski definition) is 6. The molecule has 10 heteroatoms. The number of ether oxygens (including phenoxy) is 1. The van der Waals surface area contributed by atoms with E-state index in [0.29, 0.717) is 29.2 Å². The number of rotatable bonds is 4. The van der Waals surface area contributed by atoms with E-state index in [4.69, 9.17) is 9.72 Å². The third kappa shape index (κ3) is 3.44. The zero-order chi connectivity index (χ0) is 24.5. The summed E-state index contributed by atoms with van der Waals surface area (Å²) in [6.45, 7) is 0.224. The third-order valence-corrected chi connectivity index (χ3v) is 6.50. The molecule has 4 aromatic rings. The van der Waals surface area contributed by atoms with Gasteiger partial charge in [0.05, 0.1) is 23.1 Å². The minimum absolute atomic E-state index is 0.0141. The lowest BCUT2D eigenvalue weighted by Gasteiger charge is -2.21. The normalized spacial score (nSPS) is 18.9. The predicted molar refractivity (Wildman–Crippen MR) is 122 cm³/mol. The largest absolute Gasteiger partial charge is 0.434 e. The van der Waals surface area contributed by atoms with Gasteiger partial charge in [-0.15, -0.1) is 0 Å². The first kappa shape index (κ1) is 21.6. The van der Waals surface area contributed by atoms with E-state index < -0.39 is 18.3 Å². The average Bonchev–Trinajstić information content (AvgIpc) is 3.30. The molecule has 35 heavy (non-hydrogen) atoms. The molecule has 6 rings (SSSR count). The Bertz CT molecular complexity index is 1480. The number of hydrogen-bond donors (Lipinski definition) is 2. The van der Waals surface area contributed by atoms with Crippen molar-refractivity contribution in [1.29, 1.82) is 0 Å². The van der Waals surface area contributed by atoms with Crippen LogP contribution in [0.2, 0.25) is 0 Å². The van der Waals surface area contributed by atoms with Crippen LogP contribution in [0.1, 0.15) is 59.9 Å². The Balaban J connectivity index is 1.50. The maximum absolute atomic E-state index is 13.2. The van der Waals surface area contributed by atoms with Gasteiger partial charge in [0.25, 0.3) is 5.91 Å². The molecule has 2 unspecified atom stereocenters.